The summed E-state index contributed by atoms with van der Waals surface area (Å²) >= 11 is 0. The first-order chi connectivity index (χ1) is 12.0. The van der Waals surface area contributed by atoms with Gasteiger partial charge in [-0.05, 0) is 43.3 Å². The minimum atomic E-state index is -0.0251. The number of rotatable bonds is 8. The number of nitrogens with zero attached hydrogens (tertiary/aromatic N) is 1. The van der Waals surface area contributed by atoms with Gasteiger partial charge in [-0.2, -0.15) is 0 Å². The van der Waals surface area contributed by atoms with Gasteiger partial charge in [0, 0.05) is 18.3 Å². The van der Waals surface area contributed by atoms with Crippen LogP contribution in [0.1, 0.15) is 36.9 Å². The third-order valence-electron chi connectivity index (χ3n) is 4.29. The van der Waals surface area contributed by atoms with Gasteiger partial charge in [0.1, 0.15) is 0 Å². The normalized spacial score (nSPS) is 12.4. The van der Waals surface area contributed by atoms with Gasteiger partial charge >= 0.3 is 0 Å². The number of amides is 1. The van der Waals surface area contributed by atoms with Crippen LogP contribution in [0, 0.1) is 0 Å². The number of anilines is 1. The molecule has 4 nitrogen and oxygen atoms in total. The molecule has 0 radical (unpaired) electrons. The molecule has 0 saturated heterocycles. The number of hydrogen-bond acceptors (Lipinski definition) is 3. The van der Waals surface area contributed by atoms with Crippen LogP contribution in [0.5, 0.6) is 0 Å². The van der Waals surface area contributed by atoms with Gasteiger partial charge in [0.25, 0.3) is 0 Å². The largest absolute Gasteiger partial charge is 0.325 e. The Balaban J connectivity index is 1.82. The molecule has 0 heterocycles. The molecule has 0 saturated carbocycles. The van der Waals surface area contributed by atoms with E-state index in [2.05, 4.69) is 67.7 Å². The fraction of sp³-hybridized carbons (Fsp3) is 0.381. The van der Waals surface area contributed by atoms with Crippen molar-refractivity contribution in [2.45, 2.75) is 25.8 Å². The van der Waals surface area contributed by atoms with Crippen molar-refractivity contribution in [2.75, 3.05) is 32.5 Å². The Labute approximate surface area is 151 Å². The van der Waals surface area contributed by atoms with Gasteiger partial charge in [-0.3, -0.25) is 4.79 Å². The van der Waals surface area contributed by atoms with Crippen LogP contribution in [-0.4, -0.2) is 38.0 Å². The van der Waals surface area contributed by atoms with Crippen molar-refractivity contribution in [1.29, 1.82) is 0 Å². The molecule has 0 fully saturated rings. The first-order valence-electron chi connectivity index (χ1n) is 8.79. The third-order valence-corrected chi connectivity index (χ3v) is 4.29. The standard InChI is InChI=1S/C21H29N3O/c1-16(2)17-10-12-19(13-11-17)23-21(25)15-22-14-20(24(3)4)18-8-6-5-7-9-18/h5-13,16,20,22H,14-15H2,1-4H3,(H,23,25). The number of carbonyl (C=O) groups is 1. The highest BCUT2D eigenvalue weighted by atomic mass is 16.1. The van der Waals surface area contributed by atoms with Gasteiger partial charge in [0.2, 0.25) is 5.91 Å². The van der Waals surface area contributed by atoms with E-state index >= 15 is 0 Å². The molecule has 2 aromatic carbocycles. The first-order valence-corrected chi connectivity index (χ1v) is 8.79. The second kappa shape index (κ2) is 9.35. The molecule has 0 aliphatic carbocycles. The van der Waals surface area contributed by atoms with Crippen LogP contribution in [0.2, 0.25) is 0 Å². The molecule has 25 heavy (non-hydrogen) atoms. The quantitative estimate of drug-likeness (QED) is 0.772. The Kier molecular flexibility index (Phi) is 7.16. The highest BCUT2D eigenvalue weighted by molar-refractivity contribution is 5.92. The Morgan fingerprint density at radius 2 is 1.60 bits per heavy atom. The highest BCUT2D eigenvalue weighted by Crippen LogP contribution is 2.18. The molecular formula is C21H29N3O. The predicted octanol–water partition coefficient (Wildman–Crippen LogP) is 3.64. The van der Waals surface area contributed by atoms with Gasteiger partial charge in [-0.1, -0.05) is 56.3 Å². The summed E-state index contributed by atoms with van der Waals surface area (Å²) in [4.78, 5) is 14.3. The smallest absolute Gasteiger partial charge is 0.238 e. The molecule has 0 bridgehead atoms. The minimum absolute atomic E-state index is 0.0251. The maximum atomic E-state index is 12.1. The van der Waals surface area contributed by atoms with E-state index in [0.717, 1.165) is 12.2 Å². The van der Waals surface area contributed by atoms with Crippen molar-refractivity contribution in [3.63, 3.8) is 0 Å². The molecule has 0 aliphatic heterocycles. The number of hydrogen-bond donors (Lipinski definition) is 2. The van der Waals surface area contributed by atoms with E-state index in [1.165, 1.54) is 11.1 Å². The lowest BCUT2D eigenvalue weighted by Crippen LogP contribution is -2.35. The van der Waals surface area contributed by atoms with E-state index < -0.39 is 0 Å². The number of nitrogens with one attached hydrogen (secondary N) is 2. The van der Waals surface area contributed by atoms with E-state index in [4.69, 9.17) is 0 Å². The average Bonchev–Trinajstić information content (AvgIpc) is 2.59. The molecule has 0 spiro atoms. The van der Waals surface area contributed by atoms with Crippen LogP contribution in [0.15, 0.2) is 54.6 Å². The van der Waals surface area contributed by atoms with Crippen molar-refractivity contribution < 1.29 is 4.79 Å². The zero-order valence-corrected chi connectivity index (χ0v) is 15.6. The van der Waals surface area contributed by atoms with Gasteiger partial charge in [0.15, 0.2) is 0 Å². The summed E-state index contributed by atoms with van der Waals surface area (Å²) in [6.45, 7) is 5.33. The summed E-state index contributed by atoms with van der Waals surface area (Å²) in [7, 11) is 4.10. The molecule has 1 atom stereocenters. The van der Waals surface area contributed by atoms with Crippen molar-refractivity contribution >= 4 is 11.6 Å². The Morgan fingerprint density at radius 3 is 2.16 bits per heavy atom. The summed E-state index contributed by atoms with van der Waals surface area (Å²) in [5.74, 6) is 0.468. The molecule has 2 rings (SSSR count). The van der Waals surface area contributed by atoms with Crippen LogP contribution in [-0.2, 0) is 4.79 Å². The van der Waals surface area contributed by atoms with E-state index in [9.17, 15) is 4.79 Å². The molecule has 0 aliphatic rings. The van der Waals surface area contributed by atoms with Gasteiger partial charge < -0.3 is 15.5 Å². The van der Waals surface area contributed by atoms with E-state index in [-0.39, 0.29) is 11.9 Å². The van der Waals surface area contributed by atoms with E-state index in [1.807, 2.05) is 30.3 Å². The number of benzene rings is 2. The van der Waals surface area contributed by atoms with Crippen LogP contribution in [0.4, 0.5) is 5.69 Å². The average molecular weight is 339 g/mol. The summed E-state index contributed by atoms with van der Waals surface area (Å²) in [5.41, 5.74) is 3.35. The molecule has 2 aromatic rings. The Bertz CT molecular complexity index is 651. The molecule has 1 unspecified atom stereocenters. The number of likely N-dealkylation sites (N-methyl/N-ethyl adjacent to an activating group) is 1. The molecule has 1 amide bonds. The van der Waals surface area contributed by atoms with Crippen molar-refractivity contribution in [3.8, 4) is 0 Å². The van der Waals surface area contributed by atoms with Crippen molar-refractivity contribution in [1.82, 2.24) is 10.2 Å². The zero-order valence-electron chi connectivity index (χ0n) is 15.6. The molecule has 134 valence electrons. The zero-order chi connectivity index (χ0) is 18.2. The lowest BCUT2D eigenvalue weighted by Gasteiger charge is -2.25. The fourth-order valence-electron chi connectivity index (χ4n) is 2.75. The minimum Gasteiger partial charge on any atom is -0.325 e. The summed E-state index contributed by atoms with van der Waals surface area (Å²) in [6, 6.07) is 18.6. The molecule has 2 N–H and O–H groups in total. The number of carbonyl (C=O) groups excluding carboxylic acids is 1. The highest BCUT2D eigenvalue weighted by Gasteiger charge is 2.13. The van der Waals surface area contributed by atoms with E-state index in [1.54, 1.807) is 0 Å². The van der Waals surface area contributed by atoms with Crippen LogP contribution in [0.25, 0.3) is 0 Å². The maximum absolute atomic E-state index is 12.1. The second-order valence-electron chi connectivity index (χ2n) is 6.85. The van der Waals surface area contributed by atoms with E-state index in [0.29, 0.717) is 12.5 Å². The van der Waals surface area contributed by atoms with Crippen LogP contribution in [0.3, 0.4) is 0 Å². The third kappa shape index (κ3) is 6.00. The van der Waals surface area contributed by atoms with Crippen LogP contribution < -0.4 is 10.6 Å². The maximum Gasteiger partial charge on any atom is 0.238 e. The summed E-state index contributed by atoms with van der Waals surface area (Å²) < 4.78 is 0. The van der Waals surface area contributed by atoms with Crippen LogP contribution >= 0.6 is 0 Å². The van der Waals surface area contributed by atoms with Crippen molar-refractivity contribution in [3.05, 3.63) is 65.7 Å². The molecule has 0 aromatic heterocycles. The molecular weight excluding hydrogens is 310 g/mol. The van der Waals surface area contributed by atoms with Gasteiger partial charge in [-0.25, -0.2) is 0 Å². The van der Waals surface area contributed by atoms with Gasteiger partial charge in [-0.15, -0.1) is 0 Å². The summed E-state index contributed by atoms with van der Waals surface area (Å²) in [5, 5.41) is 6.20. The topological polar surface area (TPSA) is 44.4 Å². The Hall–Kier alpha value is -2.17. The lowest BCUT2D eigenvalue weighted by atomic mass is 10.0. The fourth-order valence-corrected chi connectivity index (χ4v) is 2.75. The first kappa shape index (κ1) is 19.2. The monoisotopic (exact) mass is 339 g/mol. The lowest BCUT2D eigenvalue weighted by molar-refractivity contribution is -0.115. The Morgan fingerprint density at radius 1 is 0.960 bits per heavy atom. The second-order valence-corrected chi connectivity index (χ2v) is 6.85. The van der Waals surface area contributed by atoms with Gasteiger partial charge in [0.05, 0.1) is 6.54 Å². The SMILES string of the molecule is CC(C)c1ccc(NC(=O)CNCC(c2ccccc2)N(C)C)cc1. The van der Waals surface area contributed by atoms with Crippen molar-refractivity contribution in [2.24, 2.45) is 0 Å². The summed E-state index contributed by atoms with van der Waals surface area (Å²) in [6.07, 6.45) is 0. The molecule has 4 heteroatoms. The predicted molar refractivity (Wildman–Crippen MR) is 105 cm³/mol.